The van der Waals surface area contributed by atoms with Gasteiger partial charge in [-0.2, -0.15) is 5.10 Å². The summed E-state index contributed by atoms with van der Waals surface area (Å²) in [4.78, 5) is 23.4. The minimum atomic E-state index is -1.13. The first-order valence-corrected chi connectivity index (χ1v) is 6.63. The first-order chi connectivity index (χ1) is 10.5. The van der Waals surface area contributed by atoms with E-state index in [1.54, 1.807) is 48.4 Å². The molecule has 1 amide bonds. The van der Waals surface area contributed by atoms with Gasteiger partial charge in [0.1, 0.15) is 5.75 Å². The maximum atomic E-state index is 12.0. The number of amides is 1. The molecule has 0 saturated carbocycles. The van der Waals surface area contributed by atoms with Gasteiger partial charge in [-0.3, -0.25) is 9.48 Å². The molecule has 2 aromatic rings. The Hall–Kier alpha value is -2.83. The van der Waals surface area contributed by atoms with Gasteiger partial charge in [-0.1, -0.05) is 12.1 Å². The molecule has 0 radical (unpaired) electrons. The second kappa shape index (κ2) is 6.75. The molecule has 0 unspecified atom stereocenters. The lowest BCUT2D eigenvalue weighted by atomic mass is 10.1. The van der Waals surface area contributed by atoms with Crippen molar-refractivity contribution in [2.24, 2.45) is 7.05 Å². The molecule has 1 aromatic carbocycles. The largest absolute Gasteiger partial charge is 0.497 e. The molecule has 0 saturated heterocycles. The summed E-state index contributed by atoms with van der Waals surface area (Å²) in [5.74, 6) is -0.985. The fourth-order valence-corrected chi connectivity index (χ4v) is 2.07. The highest BCUT2D eigenvalue weighted by molar-refractivity contribution is 5.85. The average Bonchev–Trinajstić information content (AvgIpc) is 2.89. The summed E-state index contributed by atoms with van der Waals surface area (Å²) in [6.45, 7) is 0. The van der Waals surface area contributed by atoms with Gasteiger partial charge >= 0.3 is 5.97 Å². The number of aromatic nitrogens is 2. The third-order valence-electron chi connectivity index (χ3n) is 3.10. The minimum Gasteiger partial charge on any atom is -0.497 e. The van der Waals surface area contributed by atoms with Gasteiger partial charge in [0.05, 0.1) is 19.7 Å². The van der Waals surface area contributed by atoms with Crippen LogP contribution in [0.15, 0.2) is 36.7 Å². The number of aryl methyl sites for hydroxylation is 1. The van der Waals surface area contributed by atoms with E-state index in [2.05, 4.69) is 10.4 Å². The minimum absolute atomic E-state index is 0.0710. The Kier molecular flexibility index (Phi) is 4.77. The summed E-state index contributed by atoms with van der Waals surface area (Å²) in [5, 5.41) is 15.8. The third kappa shape index (κ3) is 3.85. The number of carboxylic acid groups (broad SMARTS) is 1. The van der Waals surface area contributed by atoms with Crippen LogP contribution < -0.4 is 10.1 Å². The second-order valence-electron chi connectivity index (χ2n) is 4.81. The fourth-order valence-electron chi connectivity index (χ4n) is 2.07. The Morgan fingerprint density at radius 2 is 2.23 bits per heavy atom. The van der Waals surface area contributed by atoms with Crippen LogP contribution >= 0.6 is 0 Å². The van der Waals surface area contributed by atoms with E-state index in [4.69, 9.17) is 4.74 Å². The topological polar surface area (TPSA) is 93.5 Å². The Labute approximate surface area is 127 Å². The second-order valence-corrected chi connectivity index (χ2v) is 4.81. The number of rotatable bonds is 6. The summed E-state index contributed by atoms with van der Waals surface area (Å²) in [6.07, 6.45) is 3.35. The fraction of sp³-hybridized carbons (Fsp3) is 0.267. The molecular weight excluding hydrogens is 286 g/mol. The van der Waals surface area contributed by atoms with E-state index in [1.165, 1.54) is 7.11 Å². The van der Waals surface area contributed by atoms with Gasteiger partial charge in [0.25, 0.3) is 0 Å². The Morgan fingerprint density at radius 3 is 2.82 bits per heavy atom. The zero-order chi connectivity index (χ0) is 16.1. The first kappa shape index (κ1) is 15.6. The number of nitrogens with one attached hydrogen (secondary N) is 1. The molecule has 0 aliphatic heterocycles. The zero-order valence-corrected chi connectivity index (χ0v) is 12.3. The molecule has 0 aliphatic carbocycles. The number of methoxy groups -OCH3 is 1. The van der Waals surface area contributed by atoms with Crippen molar-refractivity contribution in [3.05, 3.63) is 47.8 Å². The van der Waals surface area contributed by atoms with Crippen molar-refractivity contribution in [1.29, 1.82) is 0 Å². The average molecular weight is 303 g/mol. The number of benzene rings is 1. The van der Waals surface area contributed by atoms with Gasteiger partial charge in [-0.15, -0.1) is 0 Å². The van der Waals surface area contributed by atoms with Crippen LogP contribution in [-0.2, 0) is 23.1 Å². The van der Waals surface area contributed by atoms with Crippen LogP contribution in [0.25, 0.3) is 0 Å². The molecule has 116 valence electrons. The number of aliphatic carboxylic acids is 1. The SMILES string of the molecule is COc1cccc([C@H](NC(=O)Cc2cnn(C)c2)C(=O)O)c1. The predicted octanol–water partition coefficient (Wildman–Crippen LogP) is 0.913. The van der Waals surface area contributed by atoms with E-state index in [1.807, 2.05) is 0 Å². The van der Waals surface area contributed by atoms with Crippen LogP contribution in [0.3, 0.4) is 0 Å². The van der Waals surface area contributed by atoms with E-state index < -0.39 is 12.0 Å². The third-order valence-corrected chi connectivity index (χ3v) is 3.10. The highest BCUT2D eigenvalue weighted by Crippen LogP contribution is 2.19. The Morgan fingerprint density at radius 1 is 1.45 bits per heavy atom. The van der Waals surface area contributed by atoms with E-state index in [-0.39, 0.29) is 12.3 Å². The maximum Gasteiger partial charge on any atom is 0.330 e. The number of hydrogen-bond donors (Lipinski definition) is 2. The number of ether oxygens (including phenoxy) is 1. The first-order valence-electron chi connectivity index (χ1n) is 6.63. The van der Waals surface area contributed by atoms with E-state index in [0.717, 1.165) is 5.56 Å². The lowest BCUT2D eigenvalue weighted by Crippen LogP contribution is -2.34. The number of nitrogens with zero attached hydrogens (tertiary/aromatic N) is 2. The molecule has 0 spiro atoms. The monoisotopic (exact) mass is 303 g/mol. The van der Waals surface area contributed by atoms with Gasteiger partial charge in [0.15, 0.2) is 6.04 Å². The van der Waals surface area contributed by atoms with Crippen molar-refractivity contribution < 1.29 is 19.4 Å². The standard InChI is InChI=1S/C15H17N3O4/c1-18-9-10(8-16-18)6-13(19)17-14(15(20)21)11-4-3-5-12(7-11)22-2/h3-5,7-9,14H,6H2,1-2H3,(H,17,19)(H,20,21)/t14-/m0/s1. The predicted molar refractivity (Wildman–Crippen MR) is 78.4 cm³/mol. The van der Waals surface area contributed by atoms with Crippen LogP contribution in [0.4, 0.5) is 0 Å². The van der Waals surface area contributed by atoms with Gasteiger partial charge in [-0.05, 0) is 23.3 Å². The molecule has 1 aromatic heterocycles. The van der Waals surface area contributed by atoms with Crippen molar-refractivity contribution in [1.82, 2.24) is 15.1 Å². The molecule has 0 aliphatic rings. The maximum absolute atomic E-state index is 12.0. The van der Waals surface area contributed by atoms with Crippen LogP contribution in [0.2, 0.25) is 0 Å². The molecule has 1 atom stereocenters. The van der Waals surface area contributed by atoms with Crippen molar-refractivity contribution in [3.63, 3.8) is 0 Å². The molecule has 7 nitrogen and oxygen atoms in total. The highest BCUT2D eigenvalue weighted by Gasteiger charge is 2.22. The normalized spacial score (nSPS) is 11.7. The van der Waals surface area contributed by atoms with Crippen molar-refractivity contribution >= 4 is 11.9 Å². The van der Waals surface area contributed by atoms with Gasteiger partial charge in [-0.25, -0.2) is 4.79 Å². The summed E-state index contributed by atoms with van der Waals surface area (Å²) in [7, 11) is 3.24. The van der Waals surface area contributed by atoms with Crippen molar-refractivity contribution in [2.45, 2.75) is 12.5 Å². The highest BCUT2D eigenvalue weighted by atomic mass is 16.5. The molecular formula is C15H17N3O4. The number of carbonyl (C=O) groups is 2. The summed E-state index contributed by atoms with van der Waals surface area (Å²) in [6, 6.07) is 5.48. The quantitative estimate of drug-likeness (QED) is 0.827. The summed E-state index contributed by atoms with van der Waals surface area (Å²) >= 11 is 0. The summed E-state index contributed by atoms with van der Waals surface area (Å²) in [5.41, 5.74) is 1.17. The van der Waals surface area contributed by atoms with Crippen LogP contribution in [0.5, 0.6) is 5.75 Å². The van der Waals surface area contributed by atoms with Gasteiger partial charge in [0.2, 0.25) is 5.91 Å². The van der Waals surface area contributed by atoms with Gasteiger partial charge in [0, 0.05) is 13.2 Å². The zero-order valence-electron chi connectivity index (χ0n) is 12.3. The smallest absolute Gasteiger partial charge is 0.330 e. The Balaban J connectivity index is 2.11. The number of carbonyl (C=O) groups excluding carboxylic acids is 1. The molecule has 22 heavy (non-hydrogen) atoms. The summed E-state index contributed by atoms with van der Waals surface area (Å²) < 4.78 is 6.65. The van der Waals surface area contributed by atoms with Crippen LogP contribution in [0, 0.1) is 0 Å². The number of hydrogen-bond acceptors (Lipinski definition) is 4. The molecule has 0 bridgehead atoms. The molecule has 2 N–H and O–H groups in total. The molecule has 0 fully saturated rings. The van der Waals surface area contributed by atoms with Crippen molar-refractivity contribution in [2.75, 3.05) is 7.11 Å². The van der Waals surface area contributed by atoms with E-state index in [0.29, 0.717) is 11.3 Å². The Bertz CT molecular complexity index is 681. The van der Waals surface area contributed by atoms with Crippen LogP contribution in [0.1, 0.15) is 17.2 Å². The van der Waals surface area contributed by atoms with E-state index >= 15 is 0 Å². The van der Waals surface area contributed by atoms with Crippen molar-refractivity contribution in [3.8, 4) is 5.75 Å². The van der Waals surface area contributed by atoms with E-state index in [9.17, 15) is 14.7 Å². The number of carboxylic acids is 1. The lowest BCUT2D eigenvalue weighted by Gasteiger charge is -2.15. The molecule has 7 heteroatoms. The molecule has 1 heterocycles. The lowest BCUT2D eigenvalue weighted by molar-refractivity contribution is -0.141. The van der Waals surface area contributed by atoms with Crippen LogP contribution in [-0.4, -0.2) is 33.9 Å². The van der Waals surface area contributed by atoms with Gasteiger partial charge < -0.3 is 15.2 Å². The molecule has 2 rings (SSSR count).